The lowest BCUT2D eigenvalue weighted by molar-refractivity contribution is -0.135. The number of phenols is 1. The van der Waals surface area contributed by atoms with Gasteiger partial charge in [-0.2, -0.15) is 0 Å². The van der Waals surface area contributed by atoms with Crippen molar-refractivity contribution in [3.05, 3.63) is 23.8 Å². The molecule has 1 aromatic rings. The van der Waals surface area contributed by atoms with Gasteiger partial charge in [0.15, 0.2) is 5.96 Å². The number of aliphatic imine (C=N–C) groups is 1. The highest BCUT2D eigenvalue weighted by Gasteiger charge is 2.24. The van der Waals surface area contributed by atoms with Gasteiger partial charge in [-0.1, -0.05) is 13.8 Å². The fourth-order valence-corrected chi connectivity index (χ4v) is 3.10. The van der Waals surface area contributed by atoms with Crippen LogP contribution in [0.15, 0.2) is 23.2 Å². The number of hydrogen-bond acceptors (Lipinski definition) is 4. The van der Waals surface area contributed by atoms with E-state index in [1.165, 1.54) is 0 Å². The second kappa shape index (κ2) is 12.0. The molecule has 3 N–H and O–H groups in total. The summed E-state index contributed by atoms with van der Waals surface area (Å²) in [6.07, 6.45) is 1.79. The van der Waals surface area contributed by atoms with Crippen LogP contribution in [0.3, 0.4) is 0 Å². The Morgan fingerprint density at radius 3 is 2.61 bits per heavy atom. The largest absolute Gasteiger partial charge is 0.508 e. The molecule has 0 spiro atoms. The van der Waals surface area contributed by atoms with Crippen LogP contribution in [-0.2, 0) is 11.3 Å². The maximum atomic E-state index is 12.1. The first-order valence-electron chi connectivity index (χ1n) is 9.64. The predicted molar refractivity (Wildman–Crippen MR) is 122 cm³/mol. The number of nitrogens with one attached hydrogen (secondary N) is 2. The Kier molecular flexibility index (Phi) is 10.4. The molecular weight excluding hydrogens is 471 g/mol. The SMILES string of the molecule is CCNC(=NCc1cc(OC)ccc1O)NC1CCN(C(=O)C(C)C)CC1.I. The molecule has 0 saturated carbocycles. The van der Waals surface area contributed by atoms with Crippen LogP contribution in [0, 0.1) is 5.92 Å². The molecule has 0 atom stereocenters. The molecular formula is C20H33IN4O3. The number of nitrogens with zero attached hydrogens (tertiary/aromatic N) is 2. The zero-order chi connectivity index (χ0) is 19.8. The zero-order valence-electron chi connectivity index (χ0n) is 17.2. The molecule has 0 aromatic heterocycles. The number of methoxy groups -OCH3 is 1. The van der Waals surface area contributed by atoms with Crippen molar-refractivity contribution >= 4 is 35.8 Å². The standard InChI is InChI=1S/C20H32N4O3.HI/c1-5-21-20(22-13-15-12-17(27-4)6-7-18(15)25)23-16-8-10-24(11-9-16)19(26)14(2)3;/h6-7,12,14,16,25H,5,8-11,13H2,1-4H3,(H2,21,22,23);1H. The van der Waals surface area contributed by atoms with Gasteiger partial charge in [-0.05, 0) is 38.0 Å². The van der Waals surface area contributed by atoms with Gasteiger partial charge in [-0.3, -0.25) is 4.79 Å². The van der Waals surface area contributed by atoms with Crippen LogP contribution in [0.2, 0.25) is 0 Å². The number of carbonyl (C=O) groups excluding carboxylic acids is 1. The van der Waals surface area contributed by atoms with E-state index in [0.29, 0.717) is 23.8 Å². The predicted octanol–water partition coefficient (Wildman–Crippen LogP) is 2.72. The molecule has 2 rings (SSSR count). The third-order valence-electron chi connectivity index (χ3n) is 4.68. The van der Waals surface area contributed by atoms with Crippen LogP contribution in [-0.4, -0.2) is 54.7 Å². The normalized spacial score (nSPS) is 15.2. The molecule has 1 aliphatic rings. The van der Waals surface area contributed by atoms with E-state index >= 15 is 0 Å². The van der Waals surface area contributed by atoms with E-state index in [-0.39, 0.29) is 47.6 Å². The first-order chi connectivity index (χ1) is 12.9. The summed E-state index contributed by atoms with van der Waals surface area (Å²) in [6, 6.07) is 5.40. The number of guanidine groups is 1. The highest BCUT2D eigenvalue weighted by molar-refractivity contribution is 14.0. The summed E-state index contributed by atoms with van der Waals surface area (Å²) < 4.78 is 5.21. The molecule has 28 heavy (non-hydrogen) atoms. The number of ether oxygens (including phenoxy) is 1. The number of aromatic hydroxyl groups is 1. The lowest BCUT2D eigenvalue weighted by atomic mass is 10.0. The zero-order valence-corrected chi connectivity index (χ0v) is 19.5. The summed E-state index contributed by atoms with van der Waals surface area (Å²) in [5.74, 6) is 1.88. The van der Waals surface area contributed by atoms with E-state index in [0.717, 1.165) is 32.5 Å². The fraction of sp³-hybridized carbons (Fsp3) is 0.600. The topological polar surface area (TPSA) is 86.2 Å². The Balaban J connectivity index is 0.00000392. The molecule has 1 aliphatic heterocycles. The number of benzene rings is 1. The minimum absolute atomic E-state index is 0. The van der Waals surface area contributed by atoms with Gasteiger partial charge in [-0.25, -0.2) is 4.99 Å². The molecule has 1 fully saturated rings. The van der Waals surface area contributed by atoms with Crippen molar-refractivity contribution in [3.8, 4) is 11.5 Å². The molecule has 0 aliphatic carbocycles. The van der Waals surface area contributed by atoms with Crippen molar-refractivity contribution in [1.82, 2.24) is 15.5 Å². The van der Waals surface area contributed by atoms with E-state index in [2.05, 4.69) is 15.6 Å². The molecule has 1 heterocycles. The summed E-state index contributed by atoms with van der Waals surface area (Å²) >= 11 is 0. The second-order valence-corrected chi connectivity index (χ2v) is 7.09. The minimum atomic E-state index is 0. The minimum Gasteiger partial charge on any atom is -0.508 e. The highest BCUT2D eigenvalue weighted by atomic mass is 127. The number of likely N-dealkylation sites (tertiary alicyclic amines) is 1. The van der Waals surface area contributed by atoms with E-state index in [4.69, 9.17) is 4.74 Å². The van der Waals surface area contributed by atoms with Crippen molar-refractivity contribution in [2.75, 3.05) is 26.7 Å². The lowest BCUT2D eigenvalue weighted by Gasteiger charge is -2.34. The smallest absolute Gasteiger partial charge is 0.225 e. The van der Waals surface area contributed by atoms with Crippen LogP contribution in [0.25, 0.3) is 0 Å². The van der Waals surface area contributed by atoms with Gasteiger partial charge < -0.3 is 25.4 Å². The Hall–Kier alpha value is -1.71. The molecule has 1 aromatic carbocycles. The van der Waals surface area contributed by atoms with Crippen molar-refractivity contribution in [2.24, 2.45) is 10.9 Å². The lowest BCUT2D eigenvalue weighted by Crippen LogP contribution is -2.50. The quantitative estimate of drug-likeness (QED) is 0.315. The Bertz CT molecular complexity index is 659. The van der Waals surface area contributed by atoms with Gasteiger partial charge in [0, 0.05) is 37.2 Å². The van der Waals surface area contributed by atoms with E-state index in [1.54, 1.807) is 25.3 Å². The van der Waals surface area contributed by atoms with Crippen LogP contribution in [0.4, 0.5) is 0 Å². The van der Waals surface area contributed by atoms with E-state index in [1.807, 2.05) is 25.7 Å². The van der Waals surface area contributed by atoms with E-state index < -0.39 is 0 Å². The molecule has 0 radical (unpaired) electrons. The second-order valence-electron chi connectivity index (χ2n) is 7.09. The van der Waals surface area contributed by atoms with Crippen LogP contribution in [0.1, 0.15) is 39.2 Å². The molecule has 0 bridgehead atoms. The summed E-state index contributed by atoms with van der Waals surface area (Å²) in [4.78, 5) is 18.6. The Morgan fingerprint density at radius 1 is 1.36 bits per heavy atom. The number of halogens is 1. The molecule has 0 unspecified atom stereocenters. The number of rotatable bonds is 6. The van der Waals surface area contributed by atoms with Gasteiger partial charge in [0.1, 0.15) is 11.5 Å². The van der Waals surface area contributed by atoms with Crippen molar-refractivity contribution in [1.29, 1.82) is 0 Å². The van der Waals surface area contributed by atoms with Crippen LogP contribution in [0.5, 0.6) is 11.5 Å². The summed E-state index contributed by atoms with van der Waals surface area (Å²) in [6.45, 7) is 8.54. The number of amides is 1. The van der Waals surface area contributed by atoms with Gasteiger partial charge >= 0.3 is 0 Å². The number of hydrogen-bond donors (Lipinski definition) is 3. The highest BCUT2D eigenvalue weighted by Crippen LogP contribution is 2.23. The van der Waals surface area contributed by atoms with Gasteiger partial charge in [0.25, 0.3) is 0 Å². The van der Waals surface area contributed by atoms with Crippen molar-refractivity contribution < 1.29 is 14.6 Å². The molecule has 1 amide bonds. The third kappa shape index (κ3) is 7.03. The maximum absolute atomic E-state index is 12.1. The molecule has 7 nitrogen and oxygen atoms in total. The monoisotopic (exact) mass is 504 g/mol. The number of piperidine rings is 1. The van der Waals surface area contributed by atoms with Gasteiger partial charge in [0.2, 0.25) is 5.91 Å². The van der Waals surface area contributed by atoms with E-state index in [9.17, 15) is 9.90 Å². The van der Waals surface area contributed by atoms with Crippen molar-refractivity contribution in [2.45, 2.75) is 46.2 Å². The van der Waals surface area contributed by atoms with Crippen LogP contribution < -0.4 is 15.4 Å². The average Bonchev–Trinajstić information content (AvgIpc) is 2.67. The van der Waals surface area contributed by atoms with Gasteiger partial charge in [-0.15, -0.1) is 24.0 Å². The maximum Gasteiger partial charge on any atom is 0.225 e. The molecule has 158 valence electrons. The Labute approximate surface area is 185 Å². The average molecular weight is 504 g/mol. The number of phenolic OH excluding ortho intramolecular Hbond substituents is 1. The number of carbonyl (C=O) groups is 1. The summed E-state index contributed by atoms with van der Waals surface area (Å²) in [7, 11) is 1.60. The summed E-state index contributed by atoms with van der Waals surface area (Å²) in [5, 5.41) is 16.7. The van der Waals surface area contributed by atoms with Crippen molar-refractivity contribution in [3.63, 3.8) is 0 Å². The summed E-state index contributed by atoms with van der Waals surface area (Å²) in [5.41, 5.74) is 0.712. The fourth-order valence-electron chi connectivity index (χ4n) is 3.10. The first-order valence-corrected chi connectivity index (χ1v) is 9.64. The first kappa shape index (κ1) is 24.3. The molecule has 1 saturated heterocycles. The van der Waals surface area contributed by atoms with Crippen LogP contribution >= 0.6 is 24.0 Å². The third-order valence-corrected chi connectivity index (χ3v) is 4.68. The molecule has 8 heteroatoms. The van der Waals surface area contributed by atoms with Gasteiger partial charge in [0.05, 0.1) is 13.7 Å². The Morgan fingerprint density at radius 2 is 2.04 bits per heavy atom.